The van der Waals surface area contributed by atoms with E-state index in [4.69, 9.17) is 4.74 Å². The summed E-state index contributed by atoms with van der Waals surface area (Å²) < 4.78 is 6.50. The van der Waals surface area contributed by atoms with Crippen LogP contribution < -0.4 is 4.74 Å². The van der Waals surface area contributed by atoms with Crippen LogP contribution >= 0.6 is 0 Å². The molecule has 0 aromatic heterocycles. The quantitative estimate of drug-likeness (QED) is 0.215. The first-order valence-electron chi connectivity index (χ1n) is 15.0. The lowest BCUT2D eigenvalue weighted by molar-refractivity contribution is 0.157. The number of rotatable bonds is 2. The maximum Gasteiger partial charge on any atom is 0.132 e. The van der Waals surface area contributed by atoms with Gasteiger partial charge in [0.1, 0.15) is 11.5 Å². The van der Waals surface area contributed by atoms with Gasteiger partial charge in [0.25, 0.3) is 0 Å². The highest BCUT2D eigenvalue weighted by Gasteiger charge is 2.51. The van der Waals surface area contributed by atoms with Gasteiger partial charge in [0.2, 0.25) is 0 Å². The Morgan fingerprint density at radius 2 is 1.02 bits per heavy atom. The van der Waals surface area contributed by atoms with Gasteiger partial charge in [-0.1, -0.05) is 125 Å². The topological polar surface area (TPSA) is 9.23 Å². The van der Waals surface area contributed by atoms with Crippen LogP contribution in [0.25, 0.3) is 22.3 Å². The Balaban J connectivity index is 1.29. The molecule has 0 amide bonds. The van der Waals surface area contributed by atoms with Crippen LogP contribution in [-0.4, -0.2) is 0 Å². The third kappa shape index (κ3) is 3.35. The van der Waals surface area contributed by atoms with Crippen LogP contribution in [0.5, 0.6) is 11.5 Å². The molecule has 0 saturated heterocycles. The molecule has 202 valence electrons. The van der Waals surface area contributed by atoms with Crippen molar-refractivity contribution >= 4 is 0 Å². The van der Waals surface area contributed by atoms with Crippen LogP contribution in [0.3, 0.4) is 0 Å². The van der Waals surface area contributed by atoms with Gasteiger partial charge in [-0.25, -0.2) is 0 Å². The maximum atomic E-state index is 6.50. The summed E-state index contributed by atoms with van der Waals surface area (Å²) in [5, 5.41) is 0. The van der Waals surface area contributed by atoms with Gasteiger partial charge in [-0.15, -0.1) is 0 Å². The molecule has 2 aliphatic carbocycles. The molecule has 5 aromatic rings. The van der Waals surface area contributed by atoms with Crippen molar-refractivity contribution in [2.45, 2.75) is 51.9 Å². The SMILES string of the molecule is CC1(C)CC(c2ccc(-c3ccc4c(c3)C3(c5ccccc5Oc5ccccc53)c3ccccc3-4)cc2)CC1(C)C. The zero-order valence-electron chi connectivity index (χ0n) is 24.4. The van der Waals surface area contributed by atoms with Gasteiger partial charge in [-0.05, 0) is 86.7 Å². The van der Waals surface area contributed by atoms with E-state index in [0.29, 0.717) is 16.7 Å². The Morgan fingerprint density at radius 1 is 0.512 bits per heavy atom. The number of para-hydroxylation sites is 2. The molecule has 0 bridgehead atoms. The second-order valence-electron chi connectivity index (χ2n) is 13.6. The highest BCUT2D eigenvalue weighted by Crippen LogP contribution is 2.62. The Bertz CT molecular complexity index is 1760. The number of hydrogen-bond acceptors (Lipinski definition) is 1. The van der Waals surface area contributed by atoms with Crippen molar-refractivity contribution in [2.75, 3.05) is 0 Å². The van der Waals surface area contributed by atoms with Crippen molar-refractivity contribution in [3.8, 4) is 33.8 Å². The molecule has 1 aliphatic heterocycles. The van der Waals surface area contributed by atoms with Gasteiger partial charge < -0.3 is 4.74 Å². The maximum absolute atomic E-state index is 6.50. The lowest BCUT2D eigenvalue weighted by atomic mass is 9.66. The van der Waals surface area contributed by atoms with Crippen LogP contribution in [-0.2, 0) is 5.41 Å². The first kappa shape index (κ1) is 24.7. The number of fused-ring (bicyclic) bond motifs is 9. The molecular formula is C40H36O. The molecule has 1 fully saturated rings. The highest BCUT2D eigenvalue weighted by molar-refractivity contribution is 5.90. The molecule has 1 saturated carbocycles. The van der Waals surface area contributed by atoms with E-state index in [1.54, 1.807) is 0 Å². The molecule has 0 N–H and O–H groups in total. The predicted octanol–water partition coefficient (Wildman–Crippen LogP) is 10.8. The zero-order valence-corrected chi connectivity index (χ0v) is 24.4. The highest BCUT2D eigenvalue weighted by atomic mass is 16.5. The number of ether oxygens (including phenoxy) is 1. The summed E-state index contributed by atoms with van der Waals surface area (Å²) in [4.78, 5) is 0. The third-order valence-corrected chi connectivity index (χ3v) is 10.9. The molecular weight excluding hydrogens is 496 g/mol. The minimum atomic E-state index is -0.422. The summed E-state index contributed by atoms with van der Waals surface area (Å²) in [6.07, 6.45) is 2.50. The first-order chi connectivity index (χ1) is 19.8. The molecule has 1 nitrogen and oxygen atoms in total. The minimum absolute atomic E-state index is 0.357. The van der Waals surface area contributed by atoms with Gasteiger partial charge in [0.15, 0.2) is 0 Å². The van der Waals surface area contributed by atoms with Crippen LogP contribution in [0, 0.1) is 10.8 Å². The standard InChI is InChI=1S/C40H36O/c1-38(2)24-29(25-39(38,3)4)27-19-17-26(18-20-27)28-21-22-31-30-11-5-6-12-32(30)40(35(31)23-28)33-13-7-9-15-36(33)41-37-16-10-8-14-34(37)40/h5-23,29H,24-25H2,1-4H3. The minimum Gasteiger partial charge on any atom is -0.457 e. The van der Waals surface area contributed by atoms with Gasteiger partial charge in [0.05, 0.1) is 5.41 Å². The van der Waals surface area contributed by atoms with Crippen LogP contribution in [0.1, 0.15) is 74.3 Å². The van der Waals surface area contributed by atoms with Gasteiger partial charge in [-0.2, -0.15) is 0 Å². The molecule has 0 atom stereocenters. The fourth-order valence-corrected chi connectivity index (χ4v) is 8.07. The first-order valence-corrected chi connectivity index (χ1v) is 15.0. The second kappa shape index (κ2) is 8.46. The van der Waals surface area contributed by atoms with Gasteiger partial charge >= 0.3 is 0 Å². The molecule has 1 heterocycles. The van der Waals surface area contributed by atoms with Crippen molar-refractivity contribution in [1.82, 2.24) is 0 Å². The average molecular weight is 533 g/mol. The normalized spacial score (nSPS) is 18.7. The summed E-state index contributed by atoms with van der Waals surface area (Å²) in [5.41, 5.74) is 12.0. The summed E-state index contributed by atoms with van der Waals surface area (Å²) in [5.74, 6) is 2.50. The molecule has 3 aliphatic rings. The number of hydrogen-bond donors (Lipinski definition) is 0. The van der Waals surface area contributed by atoms with E-state index in [0.717, 1.165) is 11.5 Å². The largest absolute Gasteiger partial charge is 0.457 e. The molecule has 41 heavy (non-hydrogen) atoms. The van der Waals surface area contributed by atoms with Crippen molar-refractivity contribution < 1.29 is 4.74 Å². The van der Waals surface area contributed by atoms with E-state index >= 15 is 0 Å². The lowest BCUT2D eigenvalue weighted by Gasteiger charge is -2.39. The Morgan fingerprint density at radius 3 is 1.66 bits per heavy atom. The average Bonchev–Trinajstić information content (AvgIpc) is 3.39. The van der Waals surface area contributed by atoms with Crippen molar-refractivity contribution in [3.05, 3.63) is 143 Å². The molecule has 8 rings (SSSR count). The molecule has 1 spiro atoms. The van der Waals surface area contributed by atoms with E-state index in [9.17, 15) is 0 Å². The third-order valence-electron chi connectivity index (χ3n) is 10.9. The summed E-state index contributed by atoms with van der Waals surface area (Å²) >= 11 is 0. The van der Waals surface area contributed by atoms with E-state index in [2.05, 4.69) is 143 Å². The fraction of sp³-hybridized carbons (Fsp3) is 0.250. The van der Waals surface area contributed by atoms with Crippen molar-refractivity contribution in [2.24, 2.45) is 10.8 Å². The fourth-order valence-electron chi connectivity index (χ4n) is 8.07. The van der Waals surface area contributed by atoms with Crippen LogP contribution in [0.15, 0.2) is 115 Å². The van der Waals surface area contributed by atoms with Crippen molar-refractivity contribution in [1.29, 1.82) is 0 Å². The molecule has 0 unspecified atom stereocenters. The Kier molecular flexibility index (Phi) is 5.09. The second-order valence-corrected chi connectivity index (χ2v) is 13.6. The smallest absolute Gasteiger partial charge is 0.132 e. The lowest BCUT2D eigenvalue weighted by Crippen LogP contribution is -2.32. The van der Waals surface area contributed by atoms with Gasteiger partial charge in [0, 0.05) is 11.1 Å². The zero-order chi connectivity index (χ0) is 28.0. The summed E-state index contributed by atoms with van der Waals surface area (Å²) in [7, 11) is 0. The van der Waals surface area contributed by atoms with Gasteiger partial charge in [-0.3, -0.25) is 0 Å². The Hall–Kier alpha value is -4.10. The molecule has 5 aromatic carbocycles. The van der Waals surface area contributed by atoms with Crippen LogP contribution in [0.4, 0.5) is 0 Å². The Labute approximate surface area is 243 Å². The van der Waals surface area contributed by atoms with E-state index in [1.165, 1.54) is 62.9 Å². The van der Waals surface area contributed by atoms with E-state index in [-0.39, 0.29) is 0 Å². The van der Waals surface area contributed by atoms with Crippen LogP contribution in [0.2, 0.25) is 0 Å². The summed E-state index contributed by atoms with van der Waals surface area (Å²) in [6, 6.07) is 42.7. The number of benzene rings is 5. The molecule has 1 heteroatoms. The van der Waals surface area contributed by atoms with E-state index < -0.39 is 5.41 Å². The van der Waals surface area contributed by atoms with E-state index in [1.807, 2.05) is 0 Å². The predicted molar refractivity (Wildman–Crippen MR) is 169 cm³/mol. The molecule has 0 radical (unpaired) electrons. The van der Waals surface area contributed by atoms with Crippen molar-refractivity contribution in [3.63, 3.8) is 0 Å². The monoisotopic (exact) mass is 532 g/mol. The summed E-state index contributed by atoms with van der Waals surface area (Å²) in [6.45, 7) is 9.75.